The molecule has 0 N–H and O–H groups in total. The van der Waals surface area contributed by atoms with E-state index in [9.17, 15) is 18.0 Å². The zero-order valence-corrected chi connectivity index (χ0v) is 16.5. The number of ether oxygens (including phenoxy) is 2. The molecular formula is C19H23NO6S. The van der Waals surface area contributed by atoms with Gasteiger partial charge < -0.3 is 9.47 Å². The van der Waals surface area contributed by atoms with Gasteiger partial charge in [0.05, 0.1) is 19.1 Å². The normalized spacial score (nSPS) is 18.9. The standard InChI is InChI=1S/C19H23NO6S/c1-13-6-8-14(9-7-13)27(23,24)20-12-10-15-16(20)5-4-11-19(15,17(21)25-2)18(22)26-3/h6-9H,4-5,10-12H2,1-3H3. The van der Waals surface area contributed by atoms with Crippen LogP contribution >= 0.6 is 0 Å². The van der Waals surface area contributed by atoms with Gasteiger partial charge in [0, 0.05) is 12.2 Å². The van der Waals surface area contributed by atoms with E-state index in [1.165, 1.54) is 18.5 Å². The van der Waals surface area contributed by atoms with Crippen LogP contribution in [0.4, 0.5) is 0 Å². The molecule has 0 amide bonds. The lowest BCUT2D eigenvalue weighted by Crippen LogP contribution is -2.45. The number of carbonyl (C=O) groups excluding carboxylic acids is 2. The van der Waals surface area contributed by atoms with Crippen molar-refractivity contribution in [1.29, 1.82) is 0 Å². The Labute approximate surface area is 159 Å². The minimum Gasteiger partial charge on any atom is -0.468 e. The fraction of sp³-hybridized carbons (Fsp3) is 0.474. The maximum absolute atomic E-state index is 13.1. The van der Waals surface area contributed by atoms with E-state index >= 15 is 0 Å². The molecule has 7 nitrogen and oxygen atoms in total. The molecule has 2 aliphatic rings. The molecule has 1 heterocycles. The summed E-state index contributed by atoms with van der Waals surface area (Å²) < 4.78 is 37.4. The van der Waals surface area contributed by atoms with E-state index in [0.29, 0.717) is 30.5 Å². The molecule has 3 rings (SSSR count). The summed E-state index contributed by atoms with van der Waals surface area (Å²) in [5.74, 6) is -1.40. The van der Waals surface area contributed by atoms with Gasteiger partial charge in [0.15, 0.2) is 5.41 Å². The number of hydrogen-bond acceptors (Lipinski definition) is 6. The third kappa shape index (κ3) is 2.92. The van der Waals surface area contributed by atoms with Crippen LogP contribution in [-0.2, 0) is 29.1 Å². The van der Waals surface area contributed by atoms with Crippen molar-refractivity contribution in [2.24, 2.45) is 5.41 Å². The van der Waals surface area contributed by atoms with E-state index in [4.69, 9.17) is 9.47 Å². The Hall–Kier alpha value is -2.35. The van der Waals surface area contributed by atoms with E-state index < -0.39 is 27.4 Å². The number of aryl methyl sites for hydroxylation is 1. The first-order valence-corrected chi connectivity index (χ1v) is 10.2. The molecule has 0 radical (unpaired) electrons. The van der Waals surface area contributed by atoms with Gasteiger partial charge in [0.2, 0.25) is 0 Å². The summed E-state index contributed by atoms with van der Waals surface area (Å²) in [4.78, 5) is 25.3. The van der Waals surface area contributed by atoms with Crippen molar-refractivity contribution in [3.63, 3.8) is 0 Å². The summed E-state index contributed by atoms with van der Waals surface area (Å²) in [5.41, 5.74) is 0.415. The second kappa shape index (κ2) is 6.99. The van der Waals surface area contributed by atoms with Crippen molar-refractivity contribution in [3.05, 3.63) is 41.1 Å². The van der Waals surface area contributed by atoms with Crippen LogP contribution in [0.15, 0.2) is 40.4 Å². The van der Waals surface area contributed by atoms with E-state index in [2.05, 4.69) is 0 Å². The van der Waals surface area contributed by atoms with Gasteiger partial charge in [-0.3, -0.25) is 13.9 Å². The Morgan fingerprint density at radius 1 is 1.04 bits per heavy atom. The highest BCUT2D eigenvalue weighted by Gasteiger charge is 2.56. The Balaban J connectivity index is 2.10. The quantitative estimate of drug-likeness (QED) is 0.575. The average molecular weight is 393 g/mol. The average Bonchev–Trinajstić information content (AvgIpc) is 3.12. The number of benzene rings is 1. The lowest BCUT2D eigenvalue weighted by Gasteiger charge is -2.34. The van der Waals surface area contributed by atoms with Crippen LogP contribution in [0, 0.1) is 12.3 Å². The van der Waals surface area contributed by atoms with Crippen molar-refractivity contribution in [2.75, 3.05) is 20.8 Å². The number of carbonyl (C=O) groups is 2. The van der Waals surface area contributed by atoms with E-state index in [1.54, 1.807) is 24.3 Å². The Kier molecular flexibility index (Phi) is 5.03. The van der Waals surface area contributed by atoms with Crippen LogP contribution in [0.25, 0.3) is 0 Å². The van der Waals surface area contributed by atoms with E-state index in [0.717, 1.165) is 5.56 Å². The van der Waals surface area contributed by atoms with Gasteiger partial charge in [0.1, 0.15) is 0 Å². The second-order valence-electron chi connectivity index (χ2n) is 6.81. The summed E-state index contributed by atoms with van der Waals surface area (Å²) >= 11 is 0. The van der Waals surface area contributed by atoms with Gasteiger partial charge in [0.25, 0.3) is 10.0 Å². The van der Waals surface area contributed by atoms with Gasteiger partial charge in [-0.1, -0.05) is 17.7 Å². The molecule has 1 aliphatic heterocycles. The van der Waals surface area contributed by atoms with Gasteiger partial charge in [-0.25, -0.2) is 8.42 Å². The Morgan fingerprint density at radius 3 is 2.19 bits per heavy atom. The summed E-state index contributed by atoms with van der Waals surface area (Å²) in [7, 11) is -1.33. The molecule has 0 saturated heterocycles. The van der Waals surface area contributed by atoms with Gasteiger partial charge in [-0.2, -0.15) is 0 Å². The molecule has 0 fully saturated rings. The monoisotopic (exact) mass is 393 g/mol. The van der Waals surface area contributed by atoms with Crippen LogP contribution in [0.3, 0.4) is 0 Å². The first-order valence-electron chi connectivity index (χ1n) is 8.77. The molecule has 0 spiro atoms. The number of hydrogen-bond donors (Lipinski definition) is 0. The zero-order valence-electron chi connectivity index (χ0n) is 15.6. The highest BCUT2D eigenvalue weighted by atomic mass is 32.2. The van der Waals surface area contributed by atoms with Crippen molar-refractivity contribution < 1.29 is 27.5 Å². The van der Waals surface area contributed by atoms with Gasteiger partial charge in [-0.15, -0.1) is 0 Å². The number of nitrogens with zero attached hydrogens (tertiary/aromatic N) is 1. The van der Waals surface area contributed by atoms with Crippen LogP contribution in [0.2, 0.25) is 0 Å². The van der Waals surface area contributed by atoms with Crippen LogP contribution in [-0.4, -0.2) is 45.4 Å². The highest BCUT2D eigenvalue weighted by molar-refractivity contribution is 7.89. The number of rotatable bonds is 4. The van der Waals surface area contributed by atoms with Crippen molar-refractivity contribution in [1.82, 2.24) is 4.31 Å². The molecule has 27 heavy (non-hydrogen) atoms. The molecule has 0 atom stereocenters. The maximum atomic E-state index is 13.1. The summed E-state index contributed by atoms with van der Waals surface area (Å²) in [6.45, 7) is 2.08. The number of sulfonamides is 1. The largest absolute Gasteiger partial charge is 0.468 e. The number of methoxy groups -OCH3 is 2. The number of allylic oxidation sites excluding steroid dienone is 1. The highest BCUT2D eigenvalue weighted by Crippen LogP contribution is 2.49. The topological polar surface area (TPSA) is 90.0 Å². The first-order chi connectivity index (χ1) is 12.8. The third-order valence-electron chi connectivity index (χ3n) is 5.37. The van der Waals surface area contributed by atoms with E-state index in [1.807, 2.05) is 6.92 Å². The minimum atomic E-state index is -3.77. The fourth-order valence-corrected chi connectivity index (χ4v) is 5.59. The maximum Gasteiger partial charge on any atom is 0.327 e. The molecule has 146 valence electrons. The Bertz CT molecular complexity index is 885. The van der Waals surface area contributed by atoms with Crippen LogP contribution < -0.4 is 0 Å². The molecule has 0 aromatic heterocycles. The smallest absolute Gasteiger partial charge is 0.327 e. The summed E-state index contributed by atoms with van der Waals surface area (Å²) in [5, 5.41) is 0. The van der Waals surface area contributed by atoms with E-state index in [-0.39, 0.29) is 17.9 Å². The third-order valence-corrected chi connectivity index (χ3v) is 7.22. The Morgan fingerprint density at radius 2 is 1.63 bits per heavy atom. The molecule has 1 aromatic carbocycles. The molecule has 0 unspecified atom stereocenters. The van der Waals surface area contributed by atoms with Gasteiger partial charge >= 0.3 is 11.9 Å². The summed E-state index contributed by atoms with van der Waals surface area (Å²) in [6.07, 6.45) is 1.52. The number of esters is 2. The summed E-state index contributed by atoms with van der Waals surface area (Å²) in [6, 6.07) is 6.62. The second-order valence-corrected chi connectivity index (χ2v) is 8.67. The molecule has 8 heteroatoms. The SMILES string of the molecule is COC(=O)C1(C(=O)OC)CCCC2=C1CCN2S(=O)(=O)c1ccc(C)cc1. The van der Waals surface area contributed by atoms with Crippen molar-refractivity contribution in [2.45, 2.75) is 37.5 Å². The molecule has 0 bridgehead atoms. The van der Waals surface area contributed by atoms with Crippen molar-refractivity contribution in [3.8, 4) is 0 Å². The predicted molar refractivity (Wildman–Crippen MR) is 97.0 cm³/mol. The first kappa shape index (κ1) is 19.4. The van der Waals surface area contributed by atoms with Crippen LogP contribution in [0.1, 0.15) is 31.2 Å². The molecule has 0 saturated carbocycles. The lowest BCUT2D eigenvalue weighted by molar-refractivity contribution is -0.167. The predicted octanol–water partition coefficient (Wildman–Crippen LogP) is 2.16. The minimum absolute atomic E-state index is 0.189. The molecular weight excluding hydrogens is 370 g/mol. The zero-order chi connectivity index (χ0) is 19.8. The van der Waals surface area contributed by atoms with Crippen molar-refractivity contribution >= 4 is 22.0 Å². The molecule has 1 aliphatic carbocycles. The fourth-order valence-electron chi connectivity index (χ4n) is 4.04. The lowest BCUT2D eigenvalue weighted by atomic mass is 9.71. The van der Waals surface area contributed by atoms with Crippen LogP contribution in [0.5, 0.6) is 0 Å². The molecule has 1 aromatic rings. The van der Waals surface area contributed by atoms with Gasteiger partial charge in [-0.05, 0) is 50.3 Å².